The molecule has 1 aliphatic rings. The highest BCUT2D eigenvalue weighted by Gasteiger charge is 2.20. The van der Waals surface area contributed by atoms with Crippen molar-refractivity contribution in [2.75, 3.05) is 6.61 Å². The summed E-state index contributed by atoms with van der Waals surface area (Å²) in [5.74, 6) is 0. The van der Waals surface area contributed by atoms with Gasteiger partial charge in [-0.2, -0.15) is 13.2 Å². The third-order valence-electron chi connectivity index (χ3n) is 1.43. The van der Waals surface area contributed by atoms with E-state index in [1.807, 2.05) is 0 Å². The molecule has 0 aromatic rings. The molecule has 0 atom stereocenters. The zero-order chi connectivity index (χ0) is 10.2. The average molecular weight is 212 g/mol. The number of allylic oxidation sites excluding steroid dienone is 2. The van der Waals surface area contributed by atoms with Gasteiger partial charge in [0, 0.05) is 12.7 Å². The van der Waals surface area contributed by atoms with E-state index in [4.69, 9.17) is 4.43 Å². The van der Waals surface area contributed by atoms with Gasteiger partial charge in [-0.25, -0.2) is 0 Å². The number of rotatable bonds is 0. The van der Waals surface area contributed by atoms with Crippen molar-refractivity contribution in [2.45, 2.75) is 32.0 Å². The molecule has 1 fully saturated rings. The first-order chi connectivity index (χ1) is 6.06. The zero-order valence-corrected chi connectivity index (χ0v) is 9.15. The first-order valence-electron chi connectivity index (χ1n) is 4.34. The fourth-order valence-corrected chi connectivity index (χ4v) is 2.05. The van der Waals surface area contributed by atoms with Crippen LogP contribution < -0.4 is 0 Å². The van der Waals surface area contributed by atoms with Gasteiger partial charge in [-0.3, -0.25) is 0 Å². The van der Waals surface area contributed by atoms with Crippen LogP contribution in [0.2, 0.25) is 6.04 Å². The maximum absolute atomic E-state index is 11.0. The molecule has 0 unspecified atom stereocenters. The fraction of sp³-hybridized carbons (Fsp3) is 0.750. The summed E-state index contributed by atoms with van der Waals surface area (Å²) in [7, 11) is 0.00849. The fourth-order valence-electron chi connectivity index (χ4n) is 0.876. The molecule has 5 heteroatoms. The molecule has 1 saturated heterocycles. The molecular weight excluding hydrogens is 197 g/mol. The van der Waals surface area contributed by atoms with Crippen LogP contribution in [-0.4, -0.2) is 22.5 Å². The van der Waals surface area contributed by atoms with E-state index in [2.05, 4.69) is 0 Å². The number of alkyl halides is 3. The standard InChI is InChI=1S/C4H5F3.C4H10OSi/c1-2-3-4(5,6)7;1-2-4-6-5-3-1/h2-3H,1H3;1-4,6H2/b3-2+;. The molecule has 1 nitrogen and oxygen atoms in total. The Morgan fingerprint density at radius 3 is 2.08 bits per heavy atom. The summed E-state index contributed by atoms with van der Waals surface area (Å²) < 4.78 is 38.1. The lowest BCUT2D eigenvalue weighted by molar-refractivity contribution is -0.0799. The van der Waals surface area contributed by atoms with Crippen molar-refractivity contribution in [3.8, 4) is 0 Å². The summed E-state index contributed by atoms with van der Waals surface area (Å²) in [5, 5.41) is 0. The summed E-state index contributed by atoms with van der Waals surface area (Å²) in [4.78, 5) is 0. The third kappa shape index (κ3) is 11.7. The largest absolute Gasteiger partial charge is 0.424 e. The van der Waals surface area contributed by atoms with E-state index in [0.29, 0.717) is 0 Å². The van der Waals surface area contributed by atoms with Gasteiger partial charge in [0.2, 0.25) is 0 Å². The Balaban J connectivity index is 0.000000223. The Morgan fingerprint density at radius 1 is 1.31 bits per heavy atom. The topological polar surface area (TPSA) is 9.23 Å². The van der Waals surface area contributed by atoms with Crippen LogP contribution in [-0.2, 0) is 4.43 Å². The van der Waals surface area contributed by atoms with Crippen molar-refractivity contribution in [2.24, 2.45) is 0 Å². The normalized spacial score (nSPS) is 20.0. The molecule has 0 bridgehead atoms. The second kappa shape index (κ2) is 7.14. The van der Waals surface area contributed by atoms with Crippen molar-refractivity contribution >= 4 is 9.76 Å². The highest BCUT2D eigenvalue weighted by molar-refractivity contribution is 6.27. The monoisotopic (exact) mass is 212 g/mol. The molecule has 0 amide bonds. The minimum atomic E-state index is -4.13. The summed E-state index contributed by atoms with van der Waals surface area (Å²) in [6, 6.07) is 1.42. The highest BCUT2D eigenvalue weighted by atomic mass is 28.2. The van der Waals surface area contributed by atoms with Gasteiger partial charge >= 0.3 is 6.18 Å². The van der Waals surface area contributed by atoms with Crippen LogP contribution >= 0.6 is 0 Å². The molecule has 0 saturated carbocycles. The molecule has 13 heavy (non-hydrogen) atoms. The van der Waals surface area contributed by atoms with Crippen LogP contribution in [0.25, 0.3) is 0 Å². The first-order valence-corrected chi connectivity index (χ1v) is 5.92. The molecule has 1 aliphatic heterocycles. The summed E-state index contributed by atoms with van der Waals surface area (Å²) >= 11 is 0. The molecular formula is C8H15F3OSi. The van der Waals surface area contributed by atoms with Crippen molar-refractivity contribution in [1.82, 2.24) is 0 Å². The Hall–Kier alpha value is -0.293. The molecule has 78 valence electrons. The van der Waals surface area contributed by atoms with Crippen LogP contribution in [0.5, 0.6) is 0 Å². The van der Waals surface area contributed by atoms with Gasteiger partial charge in [0.25, 0.3) is 0 Å². The van der Waals surface area contributed by atoms with Crippen LogP contribution in [0.4, 0.5) is 13.2 Å². The van der Waals surface area contributed by atoms with Gasteiger partial charge in [-0.05, 0) is 19.4 Å². The zero-order valence-electron chi connectivity index (χ0n) is 7.73. The van der Waals surface area contributed by atoms with E-state index >= 15 is 0 Å². The Kier molecular flexibility index (Phi) is 6.98. The lowest BCUT2D eigenvalue weighted by atomic mass is 10.4. The lowest BCUT2D eigenvalue weighted by Crippen LogP contribution is -2.06. The van der Waals surface area contributed by atoms with E-state index in [1.165, 1.54) is 25.8 Å². The van der Waals surface area contributed by atoms with E-state index in [9.17, 15) is 13.2 Å². The van der Waals surface area contributed by atoms with Crippen LogP contribution in [0, 0.1) is 0 Å². The number of hydrogen-bond donors (Lipinski definition) is 0. The molecule has 0 aromatic heterocycles. The van der Waals surface area contributed by atoms with Gasteiger partial charge < -0.3 is 4.43 Å². The van der Waals surface area contributed by atoms with Crippen molar-refractivity contribution in [1.29, 1.82) is 0 Å². The molecule has 0 radical (unpaired) electrons. The van der Waals surface area contributed by atoms with E-state index < -0.39 is 6.18 Å². The highest BCUT2D eigenvalue weighted by Crippen LogP contribution is 2.15. The van der Waals surface area contributed by atoms with E-state index in [1.54, 1.807) is 0 Å². The first kappa shape index (κ1) is 12.7. The Bertz CT molecular complexity index is 129. The van der Waals surface area contributed by atoms with E-state index in [-0.39, 0.29) is 15.8 Å². The predicted molar refractivity (Wildman–Crippen MR) is 49.4 cm³/mol. The molecule has 1 heterocycles. The second-order valence-corrected chi connectivity index (χ2v) is 4.24. The third-order valence-corrected chi connectivity index (χ3v) is 2.80. The average Bonchev–Trinajstić information content (AvgIpc) is 2.06. The maximum Gasteiger partial charge on any atom is 0.409 e. The van der Waals surface area contributed by atoms with Crippen LogP contribution in [0.1, 0.15) is 19.8 Å². The van der Waals surface area contributed by atoms with Crippen molar-refractivity contribution in [3.05, 3.63) is 12.2 Å². The van der Waals surface area contributed by atoms with Gasteiger partial charge in [0.15, 0.2) is 9.76 Å². The van der Waals surface area contributed by atoms with Gasteiger partial charge in [-0.15, -0.1) is 0 Å². The Labute approximate surface area is 78.9 Å². The smallest absolute Gasteiger partial charge is 0.409 e. The maximum atomic E-state index is 11.0. The summed E-state index contributed by atoms with van der Waals surface area (Å²) in [5.41, 5.74) is 0. The van der Waals surface area contributed by atoms with Gasteiger partial charge in [0.1, 0.15) is 0 Å². The Morgan fingerprint density at radius 2 is 2.00 bits per heavy atom. The van der Waals surface area contributed by atoms with Crippen LogP contribution in [0.3, 0.4) is 0 Å². The van der Waals surface area contributed by atoms with Crippen molar-refractivity contribution in [3.63, 3.8) is 0 Å². The van der Waals surface area contributed by atoms with E-state index in [0.717, 1.165) is 12.7 Å². The molecule has 0 N–H and O–H groups in total. The number of halogens is 3. The quantitative estimate of drug-likeness (QED) is 0.442. The van der Waals surface area contributed by atoms with Gasteiger partial charge in [-0.1, -0.05) is 12.5 Å². The van der Waals surface area contributed by atoms with Crippen LogP contribution in [0.15, 0.2) is 12.2 Å². The molecule has 0 aromatic carbocycles. The second-order valence-electron chi connectivity index (χ2n) is 2.71. The summed E-state index contributed by atoms with van der Waals surface area (Å²) in [6.07, 6.45) is -0.235. The van der Waals surface area contributed by atoms with Crippen molar-refractivity contribution < 1.29 is 17.6 Å². The minimum Gasteiger partial charge on any atom is -0.424 e. The molecule has 1 rings (SSSR count). The van der Waals surface area contributed by atoms with Gasteiger partial charge in [0.05, 0.1) is 0 Å². The summed E-state index contributed by atoms with van der Waals surface area (Å²) in [6.45, 7) is 2.39. The minimum absolute atomic E-state index is 0.00849. The number of hydrogen-bond acceptors (Lipinski definition) is 1. The lowest BCUT2D eigenvalue weighted by Gasteiger charge is -2.07. The molecule has 0 aliphatic carbocycles. The SMILES string of the molecule is C/C=C/C(F)(F)F.C1CC[SiH2]OC1. The molecule has 0 spiro atoms. The predicted octanol–water partition coefficient (Wildman–Crippen LogP) is 2.42.